The number of rotatable bonds is 0. The molecule has 1 aliphatic heterocycles. The summed E-state index contributed by atoms with van der Waals surface area (Å²) in [5.41, 5.74) is 0.904. The van der Waals surface area contributed by atoms with Crippen LogP contribution in [-0.4, -0.2) is 11.2 Å². The van der Waals surface area contributed by atoms with Crippen LogP contribution in [-0.2, 0) is 0 Å². The van der Waals surface area contributed by atoms with Crippen molar-refractivity contribution in [2.75, 3.05) is 0 Å². The molecule has 0 bridgehead atoms. The fourth-order valence-corrected chi connectivity index (χ4v) is 2.13. The standard InChI is InChI=1S/C13H12O2/c1-8-12(14)11-7-6-9-4-2-3-5-10(9)13(11)15-8/h2-8,12,14H,1H3. The Bertz CT molecular complexity index is 519. The first-order valence-electron chi connectivity index (χ1n) is 5.14. The van der Waals surface area contributed by atoms with Gasteiger partial charge in [-0.1, -0.05) is 36.4 Å². The lowest BCUT2D eigenvalue weighted by Crippen LogP contribution is -2.12. The average Bonchev–Trinajstić information content (AvgIpc) is 2.56. The Morgan fingerprint density at radius 1 is 1.13 bits per heavy atom. The van der Waals surface area contributed by atoms with Crippen molar-refractivity contribution in [3.63, 3.8) is 0 Å². The van der Waals surface area contributed by atoms with Gasteiger partial charge in [0.15, 0.2) is 0 Å². The predicted molar refractivity (Wildman–Crippen MR) is 59.0 cm³/mol. The Morgan fingerprint density at radius 2 is 1.93 bits per heavy atom. The highest BCUT2D eigenvalue weighted by atomic mass is 16.5. The van der Waals surface area contributed by atoms with Crippen molar-refractivity contribution in [2.45, 2.75) is 19.1 Å². The molecule has 15 heavy (non-hydrogen) atoms. The van der Waals surface area contributed by atoms with Crippen LogP contribution in [0.15, 0.2) is 36.4 Å². The Hall–Kier alpha value is -1.54. The van der Waals surface area contributed by atoms with Gasteiger partial charge in [0.2, 0.25) is 0 Å². The fourth-order valence-electron chi connectivity index (χ4n) is 2.13. The van der Waals surface area contributed by atoms with Gasteiger partial charge in [-0.25, -0.2) is 0 Å². The Morgan fingerprint density at radius 3 is 2.80 bits per heavy atom. The zero-order valence-electron chi connectivity index (χ0n) is 8.47. The summed E-state index contributed by atoms with van der Waals surface area (Å²) in [6.07, 6.45) is -0.643. The van der Waals surface area contributed by atoms with Gasteiger partial charge in [-0.3, -0.25) is 0 Å². The van der Waals surface area contributed by atoms with Gasteiger partial charge in [0.1, 0.15) is 18.0 Å². The largest absolute Gasteiger partial charge is 0.487 e. The lowest BCUT2D eigenvalue weighted by atomic mass is 10.0. The second-order valence-electron chi connectivity index (χ2n) is 3.97. The molecule has 2 heteroatoms. The minimum atomic E-state index is -0.496. The van der Waals surface area contributed by atoms with Gasteiger partial charge in [0.05, 0.1) is 0 Å². The highest BCUT2D eigenvalue weighted by Crippen LogP contribution is 2.41. The molecule has 1 aliphatic rings. The first kappa shape index (κ1) is 8.74. The summed E-state index contributed by atoms with van der Waals surface area (Å²) in [5.74, 6) is 0.841. The van der Waals surface area contributed by atoms with Crippen LogP contribution in [0, 0.1) is 0 Å². The van der Waals surface area contributed by atoms with Crippen molar-refractivity contribution in [2.24, 2.45) is 0 Å². The molecule has 0 fully saturated rings. The molecule has 0 amide bonds. The van der Waals surface area contributed by atoms with Gasteiger partial charge >= 0.3 is 0 Å². The Balaban J connectivity index is 2.33. The molecule has 2 atom stereocenters. The minimum absolute atomic E-state index is 0.147. The van der Waals surface area contributed by atoms with Crippen LogP contribution >= 0.6 is 0 Å². The SMILES string of the molecule is CC1Oc2c(ccc3ccccc23)C1O. The number of aliphatic hydroxyl groups excluding tert-OH is 1. The summed E-state index contributed by atoms with van der Waals surface area (Å²) in [5, 5.41) is 12.1. The van der Waals surface area contributed by atoms with Crippen LogP contribution in [0.3, 0.4) is 0 Å². The normalized spacial score (nSPS) is 23.9. The van der Waals surface area contributed by atoms with E-state index in [9.17, 15) is 5.11 Å². The van der Waals surface area contributed by atoms with E-state index >= 15 is 0 Å². The maximum atomic E-state index is 9.88. The van der Waals surface area contributed by atoms with Crippen LogP contribution in [0.1, 0.15) is 18.6 Å². The molecule has 3 rings (SSSR count). The monoisotopic (exact) mass is 200 g/mol. The van der Waals surface area contributed by atoms with Crippen molar-refractivity contribution in [1.82, 2.24) is 0 Å². The molecular weight excluding hydrogens is 188 g/mol. The summed E-state index contributed by atoms with van der Waals surface area (Å²) < 4.78 is 5.68. The number of fused-ring (bicyclic) bond motifs is 3. The van der Waals surface area contributed by atoms with Gasteiger partial charge in [-0.05, 0) is 12.3 Å². The molecule has 0 saturated carbocycles. The highest BCUT2D eigenvalue weighted by Gasteiger charge is 2.30. The molecule has 2 nitrogen and oxygen atoms in total. The lowest BCUT2D eigenvalue weighted by Gasteiger charge is -2.06. The molecule has 0 saturated heterocycles. The third kappa shape index (κ3) is 1.15. The second kappa shape index (κ2) is 2.97. The van der Waals surface area contributed by atoms with Gasteiger partial charge in [0.25, 0.3) is 0 Å². The molecule has 0 spiro atoms. The third-order valence-corrected chi connectivity index (χ3v) is 2.98. The van der Waals surface area contributed by atoms with Crippen molar-refractivity contribution in [3.8, 4) is 5.75 Å². The average molecular weight is 200 g/mol. The van der Waals surface area contributed by atoms with Crippen LogP contribution in [0.2, 0.25) is 0 Å². The third-order valence-electron chi connectivity index (χ3n) is 2.98. The van der Waals surface area contributed by atoms with Gasteiger partial charge < -0.3 is 9.84 Å². The quantitative estimate of drug-likeness (QED) is 0.708. The zero-order valence-corrected chi connectivity index (χ0v) is 8.47. The van der Waals surface area contributed by atoms with E-state index in [4.69, 9.17) is 4.74 Å². The van der Waals surface area contributed by atoms with Crippen molar-refractivity contribution in [1.29, 1.82) is 0 Å². The highest BCUT2D eigenvalue weighted by molar-refractivity contribution is 5.90. The lowest BCUT2D eigenvalue weighted by molar-refractivity contribution is 0.0800. The number of hydrogen-bond donors (Lipinski definition) is 1. The molecule has 1 heterocycles. The van der Waals surface area contributed by atoms with Gasteiger partial charge in [-0.2, -0.15) is 0 Å². The summed E-state index contributed by atoms with van der Waals surface area (Å²) >= 11 is 0. The molecule has 1 N–H and O–H groups in total. The number of benzene rings is 2. The second-order valence-corrected chi connectivity index (χ2v) is 3.97. The van der Waals surface area contributed by atoms with Crippen molar-refractivity contribution in [3.05, 3.63) is 42.0 Å². The predicted octanol–water partition coefficient (Wildman–Crippen LogP) is 2.65. The van der Waals surface area contributed by atoms with Crippen LogP contribution in [0.25, 0.3) is 10.8 Å². The number of hydrogen-bond acceptors (Lipinski definition) is 2. The molecular formula is C13H12O2. The van der Waals surface area contributed by atoms with E-state index in [0.717, 1.165) is 22.1 Å². The molecule has 2 aromatic rings. The molecule has 0 aromatic heterocycles. The number of ether oxygens (including phenoxy) is 1. The molecule has 0 radical (unpaired) electrons. The minimum Gasteiger partial charge on any atom is -0.487 e. The Labute approximate surface area is 88.1 Å². The number of aliphatic hydroxyl groups is 1. The summed E-state index contributed by atoms with van der Waals surface area (Å²) in [7, 11) is 0. The van der Waals surface area contributed by atoms with Crippen LogP contribution < -0.4 is 4.74 Å². The van der Waals surface area contributed by atoms with Gasteiger partial charge in [0, 0.05) is 10.9 Å². The van der Waals surface area contributed by atoms with E-state index < -0.39 is 6.10 Å². The molecule has 2 unspecified atom stereocenters. The van der Waals surface area contributed by atoms with E-state index in [1.807, 2.05) is 43.3 Å². The van der Waals surface area contributed by atoms with E-state index in [0.29, 0.717) is 0 Å². The van der Waals surface area contributed by atoms with E-state index in [-0.39, 0.29) is 6.10 Å². The van der Waals surface area contributed by atoms with E-state index in [2.05, 4.69) is 0 Å². The molecule has 76 valence electrons. The van der Waals surface area contributed by atoms with Crippen molar-refractivity contribution < 1.29 is 9.84 Å². The van der Waals surface area contributed by atoms with Crippen LogP contribution in [0.5, 0.6) is 5.75 Å². The zero-order chi connectivity index (χ0) is 10.4. The summed E-state index contributed by atoms with van der Waals surface area (Å²) in [6, 6.07) is 12.0. The van der Waals surface area contributed by atoms with E-state index in [1.54, 1.807) is 0 Å². The maximum absolute atomic E-state index is 9.88. The van der Waals surface area contributed by atoms with E-state index in [1.165, 1.54) is 0 Å². The first-order valence-corrected chi connectivity index (χ1v) is 5.14. The molecule has 2 aromatic carbocycles. The summed E-state index contributed by atoms with van der Waals surface area (Å²) in [6.45, 7) is 1.89. The maximum Gasteiger partial charge on any atom is 0.133 e. The Kier molecular flexibility index (Phi) is 1.73. The van der Waals surface area contributed by atoms with Crippen molar-refractivity contribution >= 4 is 10.8 Å². The first-order chi connectivity index (χ1) is 7.27. The molecule has 0 aliphatic carbocycles. The topological polar surface area (TPSA) is 29.5 Å². The smallest absolute Gasteiger partial charge is 0.133 e. The fraction of sp³-hybridized carbons (Fsp3) is 0.231. The van der Waals surface area contributed by atoms with Crippen LogP contribution in [0.4, 0.5) is 0 Å². The van der Waals surface area contributed by atoms with Gasteiger partial charge in [-0.15, -0.1) is 0 Å². The summed E-state index contributed by atoms with van der Waals surface area (Å²) in [4.78, 5) is 0.